The molecule has 0 saturated carbocycles. The van der Waals surface area contributed by atoms with Crippen LogP contribution in [0.3, 0.4) is 0 Å². The number of rotatable bonds is 6. The molecule has 2 rings (SSSR count). The van der Waals surface area contributed by atoms with E-state index in [9.17, 15) is 0 Å². The van der Waals surface area contributed by atoms with Crippen molar-refractivity contribution in [2.24, 2.45) is 4.99 Å². The predicted molar refractivity (Wildman–Crippen MR) is 116 cm³/mol. The van der Waals surface area contributed by atoms with Gasteiger partial charge in [-0.3, -0.25) is 4.99 Å². The first-order chi connectivity index (χ1) is 11.1. The van der Waals surface area contributed by atoms with Crippen LogP contribution >= 0.6 is 46.9 Å². The first kappa shape index (κ1) is 21.2. The van der Waals surface area contributed by atoms with Gasteiger partial charge in [-0.2, -0.15) is 0 Å². The molecule has 24 heavy (non-hydrogen) atoms. The summed E-state index contributed by atoms with van der Waals surface area (Å²) in [4.78, 5) is 7.84. The van der Waals surface area contributed by atoms with Gasteiger partial charge in [-0.05, 0) is 43.2 Å². The maximum Gasteiger partial charge on any atom is 0.191 e. The molecule has 2 aromatic rings. The molecule has 1 aromatic heterocycles. The molecular formula is C17H24ClIN4S. The summed E-state index contributed by atoms with van der Waals surface area (Å²) in [5.74, 6) is 0.795. The molecule has 0 aliphatic carbocycles. The fourth-order valence-corrected chi connectivity index (χ4v) is 3.27. The fraction of sp³-hybridized carbons (Fsp3) is 0.353. The smallest absolute Gasteiger partial charge is 0.191 e. The van der Waals surface area contributed by atoms with Gasteiger partial charge in [-0.15, -0.1) is 35.3 Å². The highest BCUT2D eigenvalue weighted by Crippen LogP contribution is 2.22. The van der Waals surface area contributed by atoms with Gasteiger partial charge < -0.3 is 15.5 Å². The van der Waals surface area contributed by atoms with Crippen molar-refractivity contribution in [3.63, 3.8) is 0 Å². The van der Waals surface area contributed by atoms with Gasteiger partial charge in [-0.1, -0.05) is 29.8 Å². The van der Waals surface area contributed by atoms with Crippen LogP contribution in [0, 0.1) is 0 Å². The van der Waals surface area contributed by atoms with E-state index in [2.05, 4.69) is 52.1 Å². The Labute approximate surface area is 170 Å². The summed E-state index contributed by atoms with van der Waals surface area (Å²) in [6.45, 7) is 1.51. The lowest BCUT2D eigenvalue weighted by atomic mass is 10.2. The quantitative estimate of drug-likeness (QED) is 0.375. The number of hydrogen-bond donors (Lipinski definition) is 2. The number of thiophene rings is 1. The van der Waals surface area contributed by atoms with Crippen LogP contribution in [0.5, 0.6) is 0 Å². The largest absolute Gasteiger partial charge is 0.354 e. The Bertz CT molecular complexity index is 614. The van der Waals surface area contributed by atoms with Crippen LogP contribution < -0.4 is 10.6 Å². The van der Waals surface area contributed by atoms with Gasteiger partial charge in [0.05, 0.1) is 6.04 Å². The second kappa shape index (κ2) is 10.9. The summed E-state index contributed by atoms with van der Waals surface area (Å²) >= 11 is 7.68. The molecule has 2 N–H and O–H groups in total. The molecule has 0 fully saturated rings. The minimum absolute atomic E-state index is 0. The van der Waals surface area contributed by atoms with Gasteiger partial charge in [0.2, 0.25) is 0 Å². The van der Waals surface area contributed by atoms with Crippen molar-refractivity contribution in [3.8, 4) is 0 Å². The molecule has 0 radical (unpaired) electrons. The highest BCUT2D eigenvalue weighted by atomic mass is 127. The number of nitrogens with zero attached hydrogens (tertiary/aromatic N) is 2. The molecule has 132 valence electrons. The van der Waals surface area contributed by atoms with E-state index >= 15 is 0 Å². The fourth-order valence-electron chi connectivity index (χ4n) is 2.22. The van der Waals surface area contributed by atoms with Gasteiger partial charge in [0.1, 0.15) is 0 Å². The zero-order valence-corrected chi connectivity index (χ0v) is 18.0. The highest BCUT2D eigenvalue weighted by Gasteiger charge is 2.15. The number of guanidine groups is 1. The summed E-state index contributed by atoms with van der Waals surface area (Å²) in [5.41, 5.74) is 1.17. The molecule has 1 aromatic carbocycles. The molecular weight excluding hydrogens is 455 g/mol. The van der Waals surface area contributed by atoms with Crippen molar-refractivity contribution in [2.45, 2.75) is 12.6 Å². The number of aliphatic imine (C=N–C) groups is 1. The van der Waals surface area contributed by atoms with E-state index in [1.54, 1.807) is 18.4 Å². The van der Waals surface area contributed by atoms with Crippen molar-refractivity contribution < 1.29 is 0 Å². The molecule has 0 aliphatic rings. The minimum atomic E-state index is 0. The van der Waals surface area contributed by atoms with Crippen molar-refractivity contribution in [3.05, 3.63) is 57.2 Å². The zero-order chi connectivity index (χ0) is 16.7. The lowest BCUT2D eigenvalue weighted by Gasteiger charge is -2.24. The highest BCUT2D eigenvalue weighted by molar-refractivity contribution is 14.0. The maximum atomic E-state index is 5.90. The molecule has 0 amide bonds. The summed E-state index contributed by atoms with van der Waals surface area (Å²) < 4.78 is 0. The molecule has 0 bridgehead atoms. The monoisotopic (exact) mass is 478 g/mol. The average Bonchev–Trinajstić information content (AvgIpc) is 3.06. The molecule has 7 heteroatoms. The SMILES string of the molecule is CN=C(NCc1ccc(Cl)cc1)NCC(c1cccs1)N(C)C.I. The first-order valence-electron chi connectivity index (χ1n) is 7.49. The van der Waals surface area contributed by atoms with Crippen LogP contribution in [0.4, 0.5) is 0 Å². The molecule has 4 nitrogen and oxygen atoms in total. The van der Waals surface area contributed by atoms with Crippen molar-refractivity contribution in [1.82, 2.24) is 15.5 Å². The Hall–Kier alpha value is -0.830. The van der Waals surface area contributed by atoms with E-state index in [0.29, 0.717) is 12.6 Å². The average molecular weight is 479 g/mol. The molecule has 1 unspecified atom stereocenters. The van der Waals surface area contributed by atoms with E-state index < -0.39 is 0 Å². The molecule has 0 aliphatic heterocycles. The van der Waals surface area contributed by atoms with E-state index in [0.717, 1.165) is 17.5 Å². The van der Waals surface area contributed by atoms with E-state index in [4.69, 9.17) is 11.6 Å². The number of nitrogens with one attached hydrogen (secondary N) is 2. The van der Waals surface area contributed by atoms with Crippen LogP contribution in [0.1, 0.15) is 16.5 Å². The maximum absolute atomic E-state index is 5.90. The second-order valence-corrected chi connectivity index (χ2v) is 6.84. The van der Waals surface area contributed by atoms with Gasteiger partial charge in [0.15, 0.2) is 5.96 Å². The molecule has 1 heterocycles. The Balaban J connectivity index is 0.00000288. The van der Waals surface area contributed by atoms with Crippen LogP contribution in [-0.4, -0.2) is 38.5 Å². The third kappa shape index (κ3) is 6.58. The van der Waals surface area contributed by atoms with Crippen LogP contribution in [0.25, 0.3) is 0 Å². The Morgan fingerprint density at radius 1 is 1.21 bits per heavy atom. The third-order valence-electron chi connectivity index (χ3n) is 3.55. The third-order valence-corrected chi connectivity index (χ3v) is 4.78. The molecule has 0 spiro atoms. The van der Waals surface area contributed by atoms with Crippen LogP contribution in [0.15, 0.2) is 46.8 Å². The normalized spacial score (nSPS) is 12.6. The Morgan fingerprint density at radius 2 is 1.92 bits per heavy atom. The Morgan fingerprint density at radius 3 is 2.46 bits per heavy atom. The predicted octanol–water partition coefficient (Wildman–Crippen LogP) is 3.99. The van der Waals surface area contributed by atoms with E-state index in [-0.39, 0.29) is 24.0 Å². The number of benzene rings is 1. The van der Waals surface area contributed by atoms with Crippen molar-refractivity contribution >= 4 is 52.9 Å². The summed E-state index contributed by atoms with van der Waals surface area (Å²) in [7, 11) is 5.97. The summed E-state index contributed by atoms with van der Waals surface area (Å²) in [6.07, 6.45) is 0. The second-order valence-electron chi connectivity index (χ2n) is 5.43. The topological polar surface area (TPSA) is 39.7 Å². The van der Waals surface area contributed by atoms with E-state index in [1.165, 1.54) is 10.4 Å². The van der Waals surface area contributed by atoms with Gasteiger partial charge in [0, 0.05) is 30.0 Å². The summed E-state index contributed by atoms with van der Waals surface area (Å²) in [6, 6.07) is 12.4. The molecule has 1 atom stereocenters. The molecule has 0 saturated heterocycles. The lowest BCUT2D eigenvalue weighted by molar-refractivity contribution is 0.302. The van der Waals surface area contributed by atoms with Crippen molar-refractivity contribution in [1.29, 1.82) is 0 Å². The number of hydrogen-bond acceptors (Lipinski definition) is 3. The first-order valence-corrected chi connectivity index (χ1v) is 8.74. The van der Waals surface area contributed by atoms with Gasteiger partial charge in [-0.25, -0.2) is 0 Å². The number of likely N-dealkylation sites (N-methyl/N-ethyl adjacent to an activating group) is 1. The Kier molecular flexibility index (Phi) is 9.65. The standard InChI is InChI=1S/C17H23ClN4S.HI/c1-19-17(20-11-13-6-8-14(18)9-7-13)21-12-15(22(2)3)16-5-4-10-23-16;/h4-10,15H,11-12H2,1-3H3,(H2,19,20,21);1H. The lowest BCUT2D eigenvalue weighted by Crippen LogP contribution is -2.41. The van der Waals surface area contributed by atoms with Gasteiger partial charge >= 0.3 is 0 Å². The van der Waals surface area contributed by atoms with Crippen LogP contribution in [-0.2, 0) is 6.54 Å². The van der Waals surface area contributed by atoms with Gasteiger partial charge in [0.25, 0.3) is 0 Å². The zero-order valence-electron chi connectivity index (χ0n) is 14.1. The van der Waals surface area contributed by atoms with Crippen molar-refractivity contribution in [2.75, 3.05) is 27.7 Å². The van der Waals surface area contributed by atoms with Crippen LogP contribution in [0.2, 0.25) is 5.02 Å². The van der Waals surface area contributed by atoms with E-state index in [1.807, 2.05) is 24.3 Å². The number of halogens is 2. The minimum Gasteiger partial charge on any atom is -0.354 e. The summed E-state index contributed by atoms with van der Waals surface area (Å²) in [5, 5.41) is 9.59.